The first kappa shape index (κ1) is 24.9. The van der Waals surface area contributed by atoms with Crippen LogP contribution in [0.4, 0.5) is 0 Å². The standard InChI is InChI=1S/C26H26N6O6S/c1-29-12-15(25(34)35)8-20(29)22-21-23(31(11-14-4-5-14)26(36)30(2)24(21)33)28-32(22)13-16-10-27-19-7-6-17(9-18(16)19)39(3,37)38/h6-10,12,14,27H,4-5,11,13H2,1-3H3,(H,34,35). The van der Waals surface area contributed by atoms with Gasteiger partial charge in [-0.1, -0.05) is 0 Å². The summed E-state index contributed by atoms with van der Waals surface area (Å²) in [7, 11) is -0.343. The summed E-state index contributed by atoms with van der Waals surface area (Å²) in [6.45, 7) is 0.559. The minimum Gasteiger partial charge on any atom is -0.478 e. The van der Waals surface area contributed by atoms with Gasteiger partial charge in [0.2, 0.25) is 0 Å². The van der Waals surface area contributed by atoms with Crippen LogP contribution in [-0.2, 0) is 37.0 Å². The highest BCUT2D eigenvalue weighted by Gasteiger charge is 2.29. The maximum atomic E-state index is 13.5. The lowest BCUT2D eigenvalue weighted by Gasteiger charge is -2.09. The average molecular weight is 551 g/mol. The van der Waals surface area contributed by atoms with Gasteiger partial charge < -0.3 is 14.7 Å². The fraction of sp³-hybridized carbons (Fsp3) is 0.308. The molecule has 0 bridgehead atoms. The van der Waals surface area contributed by atoms with Crippen molar-refractivity contribution in [2.24, 2.45) is 20.0 Å². The molecule has 0 spiro atoms. The Labute approximate surface area is 221 Å². The van der Waals surface area contributed by atoms with Gasteiger partial charge in [0.25, 0.3) is 5.56 Å². The molecule has 0 radical (unpaired) electrons. The van der Waals surface area contributed by atoms with Crippen molar-refractivity contribution >= 4 is 37.7 Å². The van der Waals surface area contributed by atoms with E-state index in [4.69, 9.17) is 5.10 Å². The molecule has 1 aromatic carbocycles. The minimum absolute atomic E-state index is 0.0430. The number of aromatic nitrogens is 6. The van der Waals surface area contributed by atoms with E-state index in [-0.39, 0.29) is 28.0 Å². The van der Waals surface area contributed by atoms with E-state index in [2.05, 4.69) is 4.98 Å². The summed E-state index contributed by atoms with van der Waals surface area (Å²) in [5, 5.41) is 15.2. The Kier molecular flexibility index (Phi) is 5.47. The first-order chi connectivity index (χ1) is 18.4. The van der Waals surface area contributed by atoms with Gasteiger partial charge in [-0.3, -0.25) is 18.6 Å². The van der Waals surface area contributed by atoms with E-state index in [0.717, 1.165) is 29.2 Å². The molecule has 1 aliphatic rings. The molecule has 4 aromatic heterocycles. The van der Waals surface area contributed by atoms with E-state index in [9.17, 15) is 27.9 Å². The lowest BCUT2D eigenvalue weighted by Crippen LogP contribution is -2.38. The molecule has 202 valence electrons. The summed E-state index contributed by atoms with van der Waals surface area (Å²) in [6, 6.07) is 6.28. The van der Waals surface area contributed by atoms with E-state index in [0.29, 0.717) is 34.8 Å². The number of H-pyrrole nitrogens is 1. The molecule has 39 heavy (non-hydrogen) atoms. The molecule has 0 unspecified atom stereocenters. The zero-order valence-electron chi connectivity index (χ0n) is 21.5. The van der Waals surface area contributed by atoms with Crippen molar-refractivity contribution in [2.45, 2.75) is 30.8 Å². The summed E-state index contributed by atoms with van der Waals surface area (Å²) < 4.78 is 30.2. The second-order valence-electron chi connectivity index (χ2n) is 10.2. The van der Waals surface area contributed by atoms with Crippen molar-refractivity contribution in [3.05, 3.63) is 68.6 Å². The van der Waals surface area contributed by atoms with Crippen LogP contribution < -0.4 is 11.2 Å². The first-order valence-corrected chi connectivity index (χ1v) is 14.2. The van der Waals surface area contributed by atoms with Gasteiger partial charge in [-0.25, -0.2) is 18.0 Å². The molecule has 1 saturated carbocycles. The predicted molar refractivity (Wildman–Crippen MR) is 144 cm³/mol. The number of aromatic amines is 1. The zero-order chi connectivity index (χ0) is 27.8. The Morgan fingerprint density at radius 3 is 2.56 bits per heavy atom. The van der Waals surface area contributed by atoms with Gasteiger partial charge in [0.1, 0.15) is 11.1 Å². The van der Waals surface area contributed by atoms with Gasteiger partial charge in [0.15, 0.2) is 15.5 Å². The van der Waals surface area contributed by atoms with Crippen LogP contribution in [0.3, 0.4) is 0 Å². The predicted octanol–water partition coefficient (Wildman–Crippen LogP) is 1.94. The van der Waals surface area contributed by atoms with Crippen LogP contribution >= 0.6 is 0 Å². The molecule has 13 heteroatoms. The van der Waals surface area contributed by atoms with Crippen LogP contribution in [0, 0.1) is 5.92 Å². The third-order valence-corrected chi connectivity index (χ3v) is 8.46. The molecule has 0 saturated heterocycles. The quantitative estimate of drug-likeness (QED) is 0.314. The molecule has 12 nitrogen and oxygen atoms in total. The highest BCUT2D eigenvalue weighted by atomic mass is 32.2. The monoisotopic (exact) mass is 550 g/mol. The van der Waals surface area contributed by atoms with Crippen molar-refractivity contribution in [3.8, 4) is 11.4 Å². The lowest BCUT2D eigenvalue weighted by atomic mass is 10.1. The van der Waals surface area contributed by atoms with Gasteiger partial charge in [0, 0.05) is 50.2 Å². The zero-order valence-corrected chi connectivity index (χ0v) is 22.3. The number of carbonyl (C=O) groups is 1. The number of hydrogen-bond donors (Lipinski definition) is 2. The van der Waals surface area contributed by atoms with Crippen molar-refractivity contribution in [3.63, 3.8) is 0 Å². The van der Waals surface area contributed by atoms with E-state index in [1.165, 1.54) is 29.9 Å². The number of fused-ring (bicyclic) bond motifs is 2. The van der Waals surface area contributed by atoms with E-state index in [1.807, 2.05) is 0 Å². The topological polar surface area (TPSA) is 154 Å². The van der Waals surface area contributed by atoms with Crippen molar-refractivity contribution in [1.82, 2.24) is 28.5 Å². The largest absolute Gasteiger partial charge is 0.478 e. The molecule has 1 fully saturated rings. The number of carboxylic acid groups (broad SMARTS) is 1. The minimum atomic E-state index is -3.45. The van der Waals surface area contributed by atoms with Gasteiger partial charge in [0.05, 0.1) is 22.7 Å². The Morgan fingerprint density at radius 2 is 1.92 bits per heavy atom. The number of aromatic carboxylic acids is 1. The van der Waals surface area contributed by atoms with E-state index in [1.54, 1.807) is 34.6 Å². The fourth-order valence-electron chi connectivity index (χ4n) is 5.06. The Morgan fingerprint density at radius 1 is 1.18 bits per heavy atom. The first-order valence-electron chi connectivity index (χ1n) is 12.3. The summed E-state index contributed by atoms with van der Waals surface area (Å²) in [4.78, 5) is 41.7. The van der Waals surface area contributed by atoms with Crippen LogP contribution in [0.1, 0.15) is 28.8 Å². The number of rotatable bonds is 7. The second-order valence-corrected chi connectivity index (χ2v) is 12.2. The molecule has 0 atom stereocenters. The molecule has 0 amide bonds. The van der Waals surface area contributed by atoms with Crippen molar-refractivity contribution in [2.75, 3.05) is 6.26 Å². The summed E-state index contributed by atoms with van der Waals surface area (Å²) in [5.74, 6) is -0.788. The van der Waals surface area contributed by atoms with Crippen LogP contribution in [0.5, 0.6) is 0 Å². The third kappa shape index (κ3) is 4.09. The Balaban J connectivity index is 1.64. The number of carboxylic acids is 1. The molecular weight excluding hydrogens is 524 g/mol. The SMILES string of the molecule is Cn1cc(C(=O)O)cc1-c1c2c(=O)n(C)c(=O)n(CC3CC3)c2nn1Cc1c[nH]c2ccc(S(C)(=O)=O)cc12. The molecule has 4 heterocycles. The summed E-state index contributed by atoms with van der Waals surface area (Å²) >= 11 is 0. The maximum absolute atomic E-state index is 13.5. The van der Waals surface area contributed by atoms with Gasteiger partial charge in [-0.05, 0) is 48.6 Å². The normalized spacial score (nSPS) is 14.0. The highest BCUT2D eigenvalue weighted by molar-refractivity contribution is 7.90. The molecule has 0 aliphatic heterocycles. The number of hydrogen-bond acceptors (Lipinski definition) is 6. The maximum Gasteiger partial charge on any atom is 0.337 e. The highest BCUT2D eigenvalue weighted by Crippen LogP contribution is 2.33. The number of nitrogens with zero attached hydrogens (tertiary/aromatic N) is 5. The fourth-order valence-corrected chi connectivity index (χ4v) is 5.70. The number of sulfone groups is 1. The van der Waals surface area contributed by atoms with Crippen LogP contribution in [0.2, 0.25) is 0 Å². The molecule has 2 N–H and O–H groups in total. The van der Waals surface area contributed by atoms with Gasteiger partial charge in [-0.15, -0.1) is 0 Å². The second kappa shape index (κ2) is 8.56. The summed E-state index contributed by atoms with van der Waals surface area (Å²) in [5.41, 5.74) is 1.55. The van der Waals surface area contributed by atoms with Crippen LogP contribution in [0.15, 0.2) is 51.1 Å². The van der Waals surface area contributed by atoms with Crippen molar-refractivity contribution < 1.29 is 18.3 Å². The van der Waals surface area contributed by atoms with Crippen LogP contribution in [0.25, 0.3) is 33.3 Å². The van der Waals surface area contributed by atoms with Crippen molar-refractivity contribution in [1.29, 1.82) is 0 Å². The molecular formula is C26H26N6O6S. The van der Waals surface area contributed by atoms with E-state index < -0.39 is 27.1 Å². The molecule has 1 aliphatic carbocycles. The number of nitrogens with one attached hydrogen (secondary N) is 1. The lowest BCUT2D eigenvalue weighted by molar-refractivity contribution is 0.0697. The van der Waals surface area contributed by atoms with Crippen LogP contribution in [-0.4, -0.2) is 54.2 Å². The molecule has 5 aromatic rings. The third-order valence-electron chi connectivity index (χ3n) is 7.35. The van der Waals surface area contributed by atoms with Gasteiger partial charge in [-0.2, -0.15) is 5.10 Å². The Hall–Kier alpha value is -4.39. The Bertz CT molecular complexity index is 2050. The molecule has 6 rings (SSSR count). The van der Waals surface area contributed by atoms with E-state index >= 15 is 0 Å². The smallest absolute Gasteiger partial charge is 0.337 e. The number of aryl methyl sites for hydroxylation is 1. The average Bonchev–Trinajstić information content (AvgIpc) is 3.31. The van der Waals surface area contributed by atoms with Gasteiger partial charge >= 0.3 is 11.7 Å². The summed E-state index contributed by atoms with van der Waals surface area (Å²) in [6.07, 6.45) is 6.32. The number of benzene rings is 1.